The molecule has 5 rings (SSSR count). The summed E-state index contributed by atoms with van der Waals surface area (Å²) in [5, 5.41) is 2.85. The van der Waals surface area contributed by atoms with Gasteiger partial charge in [0, 0.05) is 43.7 Å². The van der Waals surface area contributed by atoms with Gasteiger partial charge in [-0.2, -0.15) is 13.2 Å². The van der Waals surface area contributed by atoms with Crippen molar-refractivity contribution >= 4 is 11.9 Å². The zero-order chi connectivity index (χ0) is 27.1. The summed E-state index contributed by atoms with van der Waals surface area (Å²) in [6, 6.07) is 2.90. The predicted octanol–water partition coefficient (Wildman–Crippen LogP) is 3.95. The van der Waals surface area contributed by atoms with Crippen molar-refractivity contribution in [2.45, 2.75) is 31.4 Å². The molecule has 0 spiro atoms. The van der Waals surface area contributed by atoms with E-state index in [4.69, 9.17) is 4.74 Å². The van der Waals surface area contributed by atoms with Crippen LogP contribution in [-0.4, -0.2) is 79.6 Å². The number of amides is 3. The zero-order valence-corrected chi connectivity index (χ0v) is 20.2. The Morgan fingerprint density at radius 2 is 1.76 bits per heavy atom. The van der Waals surface area contributed by atoms with E-state index < -0.39 is 30.3 Å². The summed E-state index contributed by atoms with van der Waals surface area (Å²) in [6.07, 6.45) is -3.84. The third kappa shape index (κ3) is 5.71. The molecule has 1 aromatic carbocycles. The number of likely N-dealkylation sites (tertiary alicyclic amines) is 1. The van der Waals surface area contributed by atoms with Gasteiger partial charge in [-0.1, -0.05) is 18.2 Å². The fraction of sp³-hybridized carbons (Fsp3) is 0.520. The van der Waals surface area contributed by atoms with E-state index in [1.54, 1.807) is 15.9 Å². The largest absolute Gasteiger partial charge is 0.586 e. The molecule has 0 bridgehead atoms. The first kappa shape index (κ1) is 26.3. The van der Waals surface area contributed by atoms with Crippen LogP contribution in [0.1, 0.15) is 23.2 Å². The van der Waals surface area contributed by atoms with E-state index in [0.717, 1.165) is 12.1 Å². The van der Waals surface area contributed by atoms with Crippen molar-refractivity contribution in [1.82, 2.24) is 15.1 Å². The maximum atomic E-state index is 13.4. The van der Waals surface area contributed by atoms with Gasteiger partial charge in [-0.05, 0) is 36.6 Å². The van der Waals surface area contributed by atoms with E-state index in [0.29, 0.717) is 38.3 Å². The van der Waals surface area contributed by atoms with Crippen molar-refractivity contribution in [3.05, 3.63) is 47.6 Å². The van der Waals surface area contributed by atoms with Gasteiger partial charge < -0.3 is 29.3 Å². The molecule has 1 aromatic rings. The number of carbonyl (C=O) groups excluding carboxylic acids is 2. The molecule has 2 saturated heterocycles. The number of carbonyl (C=O) groups is 2. The van der Waals surface area contributed by atoms with Crippen molar-refractivity contribution in [3.63, 3.8) is 0 Å². The van der Waals surface area contributed by atoms with Gasteiger partial charge in [0.2, 0.25) is 0 Å². The Kier molecular flexibility index (Phi) is 6.97. The third-order valence-electron chi connectivity index (χ3n) is 7.02. The number of piperidine rings is 1. The van der Waals surface area contributed by atoms with E-state index >= 15 is 0 Å². The van der Waals surface area contributed by atoms with Crippen molar-refractivity contribution < 1.29 is 45.8 Å². The zero-order valence-electron chi connectivity index (χ0n) is 20.2. The Morgan fingerprint density at radius 1 is 1.03 bits per heavy atom. The van der Waals surface area contributed by atoms with Gasteiger partial charge in [-0.3, -0.25) is 4.79 Å². The van der Waals surface area contributed by atoms with Gasteiger partial charge in [-0.25, -0.2) is 4.79 Å². The van der Waals surface area contributed by atoms with Crippen LogP contribution in [0, 0.1) is 11.8 Å². The number of alkyl halides is 5. The van der Waals surface area contributed by atoms with E-state index in [-0.39, 0.29) is 48.5 Å². The number of nitrogens with zero attached hydrogens (tertiary/aromatic N) is 2. The van der Waals surface area contributed by atoms with Crippen LogP contribution in [0.3, 0.4) is 0 Å². The first-order valence-electron chi connectivity index (χ1n) is 12.3. The highest BCUT2D eigenvalue weighted by molar-refractivity contribution is 5.95. The molecule has 0 aromatic heterocycles. The maximum absolute atomic E-state index is 13.4. The van der Waals surface area contributed by atoms with Crippen LogP contribution in [0.15, 0.2) is 42.0 Å². The average Bonchev–Trinajstić information content (AvgIpc) is 3.21. The highest BCUT2D eigenvalue weighted by atomic mass is 19.4. The Morgan fingerprint density at radius 3 is 2.45 bits per heavy atom. The molecule has 2 fully saturated rings. The SMILES string of the molecule is O=C(NC1CC(C2=CCC(C(F)(F)F)C=C2)CN(C(=O)N2CCOCC2)C1)c1ccc2c(c1)OC(F)(F)O2. The second-order valence-electron chi connectivity index (χ2n) is 9.67. The van der Waals surface area contributed by atoms with E-state index in [2.05, 4.69) is 14.8 Å². The lowest BCUT2D eigenvalue weighted by Crippen LogP contribution is -2.57. The third-order valence-corrected chi connectivity index (χ3v) is 7.02. The summed E-state index contributed by atoms with van der Waals surface area (Å²) in [6.45, 7) is 2.10. The highest BCUT2D eigenvalue weighted by Crippen LogP contribution is 2.41. The topological polar surface area (TPSA) is 80.3 Å². The number of benzene rings is 1. The minimum absolute atomic E-state index is 0.0584. The molecular formula is C25H26F5N3O5. The fourth-order valence-electron chi connectivity index (χ4n) is 5.10. The van der Waals surface area contributed by atoms with Gasteiger partial charge in [0.1, 0.15) is 0 Å². The van der Waals surface area contributed by atoms with Crippen molar-refractivity contribution in [3.8, 4) is 11.5 Å². The van der Waals surface area contributed by atoms with Gasteiger partial charge >= 0.3 is 18.5 Å². The molecule has 3 amide bonds. The first-order chi connectivity index (χ1) is 18.0. The van der Waals surface area contributed by atoms with Crippen molar-refractivity contribution in [2.24, 2.45) is 11.8 Å². The van der Waals surface area contributed by atoms with Gasteiger partial charge in [0.25, 0.3) is 5.91 Å². The Hall–Kier alpha value is -3.35. The number of urea groups is 1. The summed E-state index contributed by atoms with van der Waals surface area (Å²) in [7, 11) is 0. The molecule has 13 heteroatoms. The molecule has 0 saturated carbocycles. The monoisotopic (exact) mass is 543 g/mol. The number of halogens is 5. The number of morpholine rings is 1. The average molecular weight is 543 g/mol. The number of hydrogen-bond donors (Lipinski definition) is 1. The number of ether oxygens (including phenoxy) is 3. The summed E-state index contributed by atoms with van der Waals surface area (Å²) in [5.74, 6) is -2.90. The van der Waals surface area contributed by atoms with Gasteiger partial charge in [0.15, 0.2) is 11.5 Å². The summed E-state index contributed by atoms with van der Waals surface area (Å²) < 4.78 is 80.2. The van der Waals surface area contributed by atoms with Gasteiger partial charge in [-0.15, -0.1) is 8.78 Å². The molecule has 8 nitrogen and oxygen atoms in total. The van der Waals surface area contributed by atoms with E-state index in [1.165, 1.54) is 18.2 Å². The molecule has 3 heterocycles. The Labute approximate surface area is 215 Å². The van der Waals surface area contributed by atoms with E-state index in [9.17, 15) is 31.5 Å². The Bertz CT molecular complexity index is 1150. The smallest absolute Gasteiger partial charge is 0.395 e. The van der Waals surface area contributed by atoms with Gasteiger partial charge in [0.05, 0.1) is 19.1 Å². The lowest BCUT2D eigenvalue weighted by atomic mass is 9.83. The normalized spacial score (nSPS) is 26.7. The minimum atomic E-state index is -4.34. The molecule has 0 radical (unpaired) electrons. The van der Waals surface area contributed by atoms with Crippen molar-refractivity contribution in [2.75, 3.05) is 39.4 Å². The lowest BCUT2D eigenvalue weighted by molar-refractivity contribution is -0.286. The molecule has 206 valence electrons. The van der Waals surface area contributed by atoms with Crippen LogP contribution in [0.25, 0.3) is 0 Å². The van der Waals surface area contributed by atoms with Crippen LogP contribution in [0.5, 0.6) is 11.5 Å². The number of nitrogens with one attached hydrogen (secondary N) is 1. The molecular weight excluding hydrogens is 517 g/mol. The minimum Gasteiger partial charge on any atom is -0.395 e. The highest BCUT2D eigenvalue weighted by Gasteiger charge is 2.44. The molecule has 38 heavy (non-hydrogen) atoms. The molecule has 3 unspecified atom stereocenters. The molecule has 1 aliphatic carbocycles. The van der Waals surface area contributed by atoms with Crippen molar-refractivity contribution in [1.29, 1.82) is 0 Å². The van der Waals surface area contributed by atoms with Crippen LogP contribution < -0.4 is 14.8 Å². The second kappa shape index (κ2) is 10.1. The number of rotatable bonds is 3. The standard InChI is InChI=1S/C25H26F5N3O5/c26-24(27,28)18-4-1-15(2-5-18)17-11-19(14-33(13-17)23(35)32-7-9-36-10-8-32)31-22(34)16-3-6-20-21(12-16)38-25(29,30)37-20/h1-4,6,12,17-19H,5,7-11,13-14H2,(H,31,34). The Balaban J connectivity index is 1.32. The fourth-order valence-corrected chi connectivity index (χ4v) is 5.10. The predicted molar refractivity (Wildman–Crippen MR) is 123 cm³/mol. The number of fused-ring (bicyclic) bond motifs is 1. The van der Waals surface area contributed by atoms with Crippen LogP contribution in [-0.2, 0) is 4.74 Å². The second-order valence-corrected chi connectivity index (χ2v) is 9.67. The summed E-state index contributed by atoms with van der Waals surface area (Å²) >= 11 is 0. The molecule has 3 atom stereocenters. The number of allylic oxidation sites excluding steroid dienone is 3. The van der Waals surface area contributed by atoms with Crippen LogP contribution in [0.2, 0.25) is 0 Å². The maximum Gasteiger partial charge on any atom is 0.586 e. The summed E-state index contributed by atoms with van der Waals surface area (Å²) in [4.78, 5) is 29.5. The quantitative estimate of drug-likeness (QED) is 0.585. The number of hydrogen-bond acceptors (Lipinski definition) is 5. The van der Waals surface area contributed by atoms with E-state index in [1.807, 2.05) is 0 Å². The van der Waals surface area contributed by atoms with Crippen LogP contribution >= 0.6 is 0 Å². The lowest BCUT2D eigenvalue weighted by Gasteiger charge is -2.42. The van der Waals surface area contributed by atoms with Crippen LogP contribution in [0.4, 0.5) is 26.7 Å². The molecule has 4 aliphatic rings. The molecule has 3 aliphatic heterocycles. The first-order valence-corrected chi connectivity index (χ1v) is 12.3. The molecule has 1 N–H and O–H groups in total. The summed E-state index contributed by atoms with van der Waals surface area (Å²) in [5.41, 5.74) is 0.734.